The summed E-state index contributed by atoms with van der Waals surface area (Å²) in [5.74, 6) is 2.37. The van der Waals surface area contributed by atoms with Crippen LogP contribution in [0, 0.1) is 0 Å². The van der Waals surface area contributed by atoms with Gasteiger partial charge in [0.1, 0.15) is 17.8 Å². The Kier molecular flexibility index (Phi) is 3.96. The predicted molar refractivity (Wildman–Crippen MR) is 92.4 cm³/mol. The van der Waals surface area contributed by atoms with E-state index in [9.17, 15) is 4.79 Å². The molecule has 4 rings (SSSR count). The normalized spacial score (nSPS) is 15.5. The van der Waals surface area contributed by atoms with Gasteiger partial charge in [0.25, 0.3) is 0 Å². The zero-order valence-corrected chi connectivity index (χ0v) is 13.2. The van der Waals surface area contributed by atoms with E-state index in [-0.39, 0.29) is 5.92 Å². The number of ether oxygens (including phenoxy) is 2. The molecule has 0 amide bonds. The topological polar surface area (TPSA) is 61.3 Å². The monoisotopic (exact) mass is 330 g/mol. The second-order valence-corrected chi connectivity index (χ2v) is 5.49. The second kappa shape index (κ2) is 6.57. The fraction of sp³-hybridized carbons (Fsp3) is 0.0500. The Morgan fingerprint density at radius 1 is 0.920 bits per heavy atom. The van der Waals surface area contributed by atoms with Crippen molar-refractivity contribution in [2.75, 3.05) is 0 Å². The first-order chi connectivity index (χ1) is 12.3. The molecule has 2 aromatic carbocycles. The first kappa shape index (κ1) is 15.1. The molecule has 0 saturated carbocycles. The highest BCUT2D eigenvalue weighted by Gasteiger charge is 2.23. The number of para-hydroxylation sites is 2. The van der Waals surface area contributed by atoms with Gasteiger partial charge in [0, 0.05) is 5.56 Å². The number of benzene rings is 2. The van der Waals surface area contributed by atoms with E-state index in [0.29, 0.717) is 28.8 Å². The molecule has 1 atom stereocenters. The largest absolute Gasteiger partial charge is 0.454 e. The van der Waals surface area contributed by atoms with Crippen LogP contribution < -0.4 is 9.47 Å². The number of hydrogen-bond acceptors (Lipinski definition) is 5. The van der Waals surface area contributed by atoms with Crippen molar-refractivity contribution in [1.29, 1.82) is 0 Å². The lowest BCUT2D eigenvalue weighted by atomic mass is 9.96. The first-order valence-electron chi connectivity index (χ1n) is 7.83. The third-order valence-corrected chi connectivity index (χ3v) is 3.80. The van der Waals surface area contributed by atoms with Gasteiger partial charge in [0.15, 0.2) is 17.3 Å². The molecule has 0 aliphatic carbocycles. The molecule has 0 bridgehead atoms. The summed E-state index contributed by atoms with van der Waals surface area (Å²) in [6, 6.07) is 16.8. The molecule has 0 spiro atoms. The Balaban J connectivity index is 1.58. The van der Waals surface area contributed by atoms with Crippen molar-refractivity contribution in [1.82, 2.24) is 9.97 Å². The quantitative estimate of drug-likeness (QED) is 0.677. The summed E-state index contributed by atoms with van der Waals surface area (Å²) in [7, 11) is 0. The molecule has 0 N–H and O–H groups in total. The van der Waals surface area contributed by atoms with Crippen LogP contribution in [0.4, 0.5) is 0 Å². The summed E-state index contributed by atoms with van der Waals surface area (Å²) in [6.45, 7) is 0. The van der Waals surface area contributed by atoms with Gasteiger partial charge in [-0.25, -0.2) is 9.97 Å². The number of nitrogens with zero attached hydrogens (tertiary/aromatic N) is 2. The summed E-state index contributed by atoms with van der Waals surface area (Å²) < 4.78 is 11.5. The fourth-order valence-electron chi connectivity index (χ4n) is 2.61. The summed E-state index contributed by atoms with van der Waals surface area (Å²) in [5, 5.41) is 0. The maximum absolute atomic E-state index is 11.4. The lowest BCUT2D eigenvalue weighted by Gasteiger charge is -2.20. The Labute approximate surface area is 144 Å². The minimum Gasteiger partial charge on any atom is -0.454 e. The molecule has 0 radical (unpaired) electrons. The highest BCUT2D eigenvalue weighted by molar-refractivity contribution is 5.75. The zero-order chi connectivity index (χ0) is 17.1. The Morgan fingerprint density at radius 3 is 2.40 bits per heavy atom. The number of rotatable bonds is 4. The van der Waals surface area contributed by atoms with Gasteiger partial charge in [-0.2, -0.15) is 0 Å². The van der Waals surface area contributed by atoms with E-state index in [2.05, 4.69) is 9.97 Å². The third-order valence-electron chi connectivity index (χ3n) is 3.80. The zero-order valence-electron chi connectivity index (χ0n) is 13.2. The summed E-state index contributed by atoms with van der Waals surface area (Å²) in [6.07, 6.45) is 5.77. The van der Waals surface area contributed by atoms with Gasteiger partial charge in [0.2, 0.25) is 0 Å². The van der Waals surface area contributed by atoms with Gasteiger partial charge in [-0.1, -0.05) is 36.4 Å². The SMILES string of the molecule is O=CC1C=C(c2ncc(Oc3ccccc3)cn2)Oc2ccccc21. The smallest absolute Gasteiger partial charge is 0.195 e. The predicted octanol–water partition coefficient (Wildman–Crippen LogP) is 3.98. The molecular formula is C20H14N2O3. The van der Waals surface area contributed by atoms with Gasteiger partial charge >= 0.3 is 0 Å². The van der Waals surface area contributed by atoms with Gasteiger partial charge in [-0.05, 0) is 24.3 Å². The lowest BCUT2D eigenvalue weighted by Crippen LogP contribution is -2.11. The molecule has 5 nitrogen and oxygen atoms in total. The van der Waals surface area contributed by atoms with Crippen LogP contribution in [0.15, 0.2) is 73.1 Å². The number of aldehydes is 1. The molecule has 2 heterocycles. The highest BCUT2D eigenvalue weighted by Crippen LogP contribution is 2.35. The molecule has 1 unspecified atom stereocenters. The van der Waals surface area contributed by atoms with Crippen molar-refractivity contribution in [2.24, 2.45) is 0 Å². The number of fused-ring (bicyclic) bond motifs is 1. The van der Waals surface area contributed by atoms with Crippen LogP contribution >= 0.6 is 0 Å². The minimum absolute atomic E-state index is 0.371. The number of aromatic nitrogens is 2. The van der Waals surface area contributed by atoms with Gasteiger partial charge in [0.05, 0.1) is 18.3 Å². The molecule has 1 aromatic heterocycles. The van der Waals surface area contributed by atoms with Crippen molar-refractivity contribution in [3.8, 4) is 17.2 Å². The summed E-state index contributed by atoms with van der Waals surface area (Å²) in [4.78, 5) is 20.0. The average Bonchev–Trinajstić information content (AvgIpc) is 2.68. The molecule has 1 aliphatic rings. The molecule has 25 heavy (non-hydrogen) atoms. The number of carbonyl (C=O) groups is 1. The fourth-order valence-corrected chi connectivity index (χ4v) is 2.61. The molecule has 0 fully saturated rings. The van der Waals surface area contributed by atoms with Gasteiger partial charge in [-0.3, -0.25) is 0 Å². The van der Waals surface area contributed by atoms with E-state index >= 15 is 0 Å². The lowest BCUT2D eigenvalue weighted by molar-refractivity contribution is -0.108. The van der Waals surface area contributed by atoms with Gasteiger partial charge in [-0.15, -0.1) is 0 Å². The molecule has 0 saturated heterocycles. The summed E-state index contributed by atoms with van der Waals surface area (Å²) >= 11 is 0. The Hall–Kier alpha value is -3.47. The first-order valence-corrected chi connectivity index (χ1v) is 7.83. The van der Waals surface area contributed by atoms with E-state index in [1.165, 1.54) is 0 Å². The maximum Gasteiger partial charge on any atom is 0.195 e. The molecule has 1 aliphatic heterocycles. The Morgan fingerprint density at radius 2 is 1.64 bits per heavy atom. The molecule has 5 heteroatoms. The van der Waals surface area contributed by atoms with Crippen LogP contribution in [-0.4, -0.2) is 16.3 Å². The van der Waals surface area contributed by atoms with Crippen molar-refractivity contribution in [3.63, 3.8) is 0 Å². The Bertz CT molecular complexity index is 921. The van der Waals surface area contributed by atoms with Crippen molar-refractivity contribution in [3.05, 3.63) is 84.5 Å². The van der Waals surface area contributed by atoms with Crippen molar-refractivity contribution < 1.29 is 14.3 Å². The maximum atomic E-state index is 11.4. The van der Waals surface area contributed by atoms with Crippen LogP contribution in [-0.2, 0) is 4.79 Å². The van der Waals surface area contributed by atoms with E-state index < -0.39 is 0 Å². The van der Waals surface area contributed by atoms with Crippen LogP contribution in [0.25, 0.3) is 5.76 Å². The van der Waals surface area contributed by atoms with Crippen LogP contribution in [0.1, 0.15) is 17.3 Å². The second-order valence-electron chi connectivity index (χ2n) is 5.49. The van der Waals surface area contributed by atoms with Crippen molar-refractivity contribution in [2.45, 2.75) is 5.92 Å². The number of hydrogen-bond donors (Lipinski definition) is 0. The molecular weight excluding hydrogens is 316 g/mol. The third kappa shape index (κ3) is 3.12. The van der Waals surface area contributed by atoms with E-state index in [4.69, 9.17) is 9.47 Å². The number of allylic oxidation sites excluding steroid dienone is 1. The van der Waals surface area contributed by atoms with Crippen LogP contribution in [0.5, 0.6) is 17.2 Å². The van der Waals surface area contributed by atoms with E-state index in [1.54, 1.807) is 18.5 Å². The number of carbonyl (C=O) groups excluding carboxylic acids is 1. The average molecular weight is 330 g/mol. The van der Waals surface area contributed by atoms with Crippen LogP contribution in [0.2, 0.25) is 0 Å². The van der Waals surface area contributed by atoms with E-state index in [0.717, 1.165) is 11.8 Å². The van der Waals surface area contributed by atoms with Gasteiger partial charge < -0.3 is 14.3 Å². The highest BCUT2D eigenvalue weighted by atomic mass is 16.5. The standard InChI is InChI=1S/C20H14N2O3/c23-13-14-10-19(25-18-9-5-4-8-17(14)18)20-21-11-16(12-22-20)24-15-6-2-1-3-7-15/h1-14H. The van der Waals surface area contributed by atoms with E-state index in [1.807, 2.05) is 54.6 Å². The van der Waals surface area contributed by atoms with Crippen LogP contribution in [0.3, 0.4) is 0 Å². The van der Waals surface area contributed by atoms with Crippen molar-refractivity contribution >= 4 is 12.0 Å². The molecule has 122 valence electrons. The molecule has 3 aromatic rings. The minimum atomic E-state index is -0.371. The summed E-state index contributed by atoms with van der Waals surface area (Å²) in [5.41, 5.74) is 0.838.